The number of alkyl halides is 2. The first-order valence-electron chi connectivity index (χ1n) is 9.22. The van der Waals surface area contributed by atoms with Crippen molar-refractivity contribution in [1.82, 2.24) is 16.0 Å². The number of hydrogen-bond acceptors (Lipinski definition) is 7. The van der Waals surface area contributed by atoms with Crippen LogP contribution in [0.15, 0.2) is 0 Å². The summed E-state index contributed by atoms with van der Waals surface area (Å²) < 4.78 is 32.7. The Morgan fingerprint density at radius 2 is 1.64 bits per heavy atom. The van der Waals surface area contributed by atoms with Crippen molar-refractivity contribution >= 4 is 0 Å². The third-order valence-corrected chi connectivity index (χ3v) is 5.53. The average Bonchev–Trinajstić information content (AvgIpc) is 2.58. The number of aliphatic hydroxyl groups is 2. The van der Waals surface area contributed by atoms with Crippen molar-refractivity contribution < 1.29 is 23.7 Å². The summed E-state index contributed by atoms with van der Waals surface area (Å²) in [6, 6.07) is -0.415. The fourth-order valence-corrected chi connectivity index (χ4v) is 3.94. The summed E-state index contributed by atoms with van der Waals surface area (Å²) in [6.07, 6.45) is -2.68. The molecule has 0 aromatic carbocycles. The van der Waals surface area contributed by atoms with Gasteiger partial charge in [-0.05, 0) is 32.1 Å². The number of aliphatic hydroxyl groups excluding tert-OH is 2. The van der Waals surface area contributed by atoms with Gasteiger partial charge in [-0.15, -0.1) is 0 Å². The molecular formula is C16H30F2N4O3. The van der Waals surface area contributed by atoms with Gasteiger partial charge in [0.25, 0.3) is 0 Å². The number of ether oxygens (including phenoxy) is 1. The molecule has 9 unspecified atom stereocenters. The molecule has 3 rings (SSSR count). The van der Waals surface area contributed by atoms with Crippen molar-refractivity contribution in [3.05, 3.63) is 0 Å². The summed E-state index contributed by atoms with van der Waals surface area (Å²) in [5.41, 5.74) is 6.30. The first-order valence-corrected chi connectivity index (χ1v) is 9.22. The molecule has 3 fully saturated rings. The van der Waals surface area contributed by atoms with Gasteiger partial charge >= 0.3 is 0 Å². The molecule has 2 saturated carbocycles. The van der Waals surface area contributed by atoms with Crippen molar-refractivity contribution in [2.45, 2.75) is 93.7 Å². The number of hydrogen-bond donors (Lipinski definition) is 6. The second-order valence-electron chi connectivity index (χ2n) is 7.48. The Morgan fingerprint density at radius 3 is 2.32 bits per heavy atom. The van der Waals surface area contributed by atoms with Crippen LogP contribution in [0.2, 0.25) is 0 Å². The molecule has 0 spiro atoms. The fraction of sp³-hybridized carbons (Fsp3) is 1.00. The summed E-state index contributed by atoms with van der Waals surface area (Å²) in [5.74, 6) is 0. The predicted octanol–water partition coefficient (Wildman–Crippen LogP) is -0.775. The molecular weight excluding hydrogens is 334 g/mol. The summed E-state index contributed by atoms with van der Waals surface area (Å²) in [7, 11) is 0. The van der Waals surface area contributed by atoms with E-state index in [4.69, 9.17) is 10.5 Å². The molecule has 7 N–H and O–H groups in total. The van der Waals surface area contributed by atoms with E-state index in [9.17, 15) is 19.0 Å². The van der Waals surface area contributed by atoms with Gasteiger partial charge in [0.05, 0.1) is 30.5 Å². The van der Waals surface area contributed by atoms with Gasteiger partial charge in [0.2, 0.25) is 0 Å². The Kier molecular flexibility index (Phi) is 6.59. The van der Waals surface area contributed by atoms with Gasteiger partial charge in [0, 0.05) is 19.1 Å². The first kappa shape index (κ1) is 19.3. The summed E-state index contributed by atoms with van der Waals surface area (Å²) in [4.78, 5) is 0. The van der Waals surface area contributed by atoms with Gasteiger partial charge in [-0.2, -0.15) is 0 Å². The minimum atomic E-state index is -1.18. The molecule has 0 aromatic rings. The summed E-state index contributed by atoms with van der Waals surface area (Å²) in [5, 5.41) is 29.1. The van der Waals surface area contributed by atoms with E-state index < -0.39 is 36.8 Å². The van der Waals surface area contributed by atoms with E-state index in [-0.39, 0.29) is 31.2 Å². The zero-order valence-electron chi connectivity index (χ0n) is 14.3. The van der Waals surface area contributed by atoms with E-state index in [2.05, 4.69) is 16.0 Å². The highest BCUT2D eigenvalue weighted by Gasteiger charge is 2.38. The Labute approximate surface area is 146 Å². The SMILES string of the molecule is NC1C(NC2CCC(F)C(O)C2)NCNC1OC1CCC(F)C(O)C1. The second-order valence-corrected chi connectivity index (χ2v) is 7.48. The van der Waals surface area contributed by atoms with Gasteiger partial charge in [-0.25, -0.2) is 8.78 Å². The van der Waals surface area contributed by atoms with Crippen molar-refractivity contribution in [2.24, 2.45) is 5.73 Å². The molecule has 0 aromatic heterocycles. The zero-order chi connectivity index (χ0) is 18.0. The lowest BCUT2D eigenvalue weighted by atomic mass is 9.91. The van der Waals surface area contributed by atoms with Crippen LogP contribution in [0.4, 0.5) is 8.78 Å². The lowest BCUT2D eigenvalue weighted by Gasteiger charge is -2.42. The highest BCUT2D eigenvalue weighted by Crippen LogP contribution is 2.26. The van der Waals surface area contributed by atoms with Gasteiger partial charge < -0.3 is 20.7 Å². The van der Waals surface area contributed by atoms with Crippen LogP contribution < -0.4 is 21.7 Å². The highest BCUT2D eigenvalue weighted by molar-refractivity contribution is 4.93. The third-order valence-electron chi connectivity index (χ3n) is 5.53. The van der Waals surface area contributed by atoms with Crippen molar-refractivity contribution in [1.29, 1.82) is 0 Å². The standard InChI is InChI=1S/C16H30F2N4O3/c17-10-3-1-8(5-12(10)23)22-15-14(19)16(21-7-20-15)25-9-2-4-11(18)13(24)6-9/h8-16,20-24H,1-7,19H2. The molecule has 9 atom stereocenters. The normalized spacial score (nSPS) is 49.1. The molecule has 7 nitrogen and oxygen atoms in total. The molecule has 1 heterocycles. The van der Waals surface area contributed by atoms with Crippen molar-refractivity contribution in [2.75, 3.05) is 6.67 Å². The van der Waals surface area contributed by atoms with Crippen LogP contribution in [0.5, 0.6) is 0 Å². The van der Waals surface area contributed by atoms with Crippen LogP contribution in [0.3, 0.4) is 0 Å². The minimum Gasteiger partial charge on any atom is -0.390 e. The Balaban J connectivity index is 1.50. The molecule has 3 aliphatic rings. The van der Waals surface area contributed by atoms with Gasteiger partial charge in [-0.3, -0.25) is 16.0 Å². The largest absolute Gasteiger partial charge is 0.390 e. The second kappa shape index (κ2) is 8.51. The van der Waals surface area contributed by atoms with E-state index >= 15 is 0 Å². The van der Waals surface area contributed by atoms with Gasteiger partial charge in [0.1, 0.15) is 18.6 Å². The van der Waals surface area contributed by atoms with Crippen molar-refractivity contribution in [3.8, 4) is 0 Å². The fourth-order valence-electron chi connectivity index (χ4n) is 3.94. The molecule has 1 aliphatic heterocycles. The number of nitrogens with one attached hydrogen (secondary N) is 3. The van der Waals surface area contributed by atoms with Crippen LogP contribution in [-0.4, -0.2) is 72.0 Å². The molecule has 146 valence electrons. The number of nitrogens with two attached hydrogens (primary N) is 1. The first-order chi connectivity index (χ1) is 11.9. The van der Waals surface area contributed by atoms with E-state index in [0.717, 1.165) is 0 Å². The maximum absolute atomic E-state index is 13.4. The zero-order valence-corrected chi connectivity index (χ0v) is 14.3. The van der Waals surface area contributed by atoms with E-state index in [1.54, 1.807) is 0 Å². The lowest BCUT2D eigenvalue weighted by molar-refractivity contribution is -0.107. The number of rotatable bonds is 4. The van der Waals surface area contributed by atoms with E-state index in [0.29, 0.717) is 32.4 Å². The predicted molar refractivity (Wildman–Crippen MR) is 88.0 cm³/mol. The summed E-state index contributed by atoms with van der Waals surface area (Å²) >= 11 is 0. The maximum atomic E-state index is 13.4. The van der Waals surface area contributed by atoms with Gasteiger partial charge in [0.15, 0.2) is 0 Å². The van der Waals surface area contributed by atoms with Crippen LogP contribution in [-0.2, 0) is 4.74 Å². The van der Waals surface area contributed by atoms with Crippen LogP contribution in [0.25, 0.3) is 0 Å². The third kappa shape index (κ3) is 4.85. The molecule has 1 saturated heterocycles. The maximum Gasteiger partial charge on any atom is 0.127 e. The molecule has 2 aliphatic carbocycles. The Bertz CT molecular complexity index is 400. The van der Waals surface area contributed by atoms with Crippen LogP contribution in [0, 0.1) is 0 Å². The monoisotopic (exact) mass is 364 g/mol. The lowest BCUT2D eigenvalue weighted by Crippen LogP contribution is -2.71. The smallest absolute Gasteiger partial charge is 0.127 e. The molecule has 25 heavy (non-hydrogen) atoms. The van der Waals surface area contributed by atoms with Gasteiger partial charge in [-0.1, -0.05) is 0 Å². The Morgan fingerprint density at radius 1 is 0.960 bits per heavy atom. The molecule has 0 bridgehead atoms. The summed E-state index contributed by atoms with van der Waals surface area (Å²) in [6.45, 7) is 0.484. The molecule has 0 amide bonds. The molecule has 9 heteroatoms. The van der Waals surface area contributed by atoms with Crippen LogP contribution >= 0.6 is 0 Å². The minimum absolute atomic E-state index is 0.00639. The van der Waals surface area contributed by atoms with E-state index in [1.165, 1.54) is 0 Å². The molecule has 0 radical (unpaired) electrons. The topological polar surface area (TPSA) is 112 Å². The van der Waals surface area contributed by atoms with E-state index in [1.807, 2.05) is 0 Å². The Hall–Kier alpha value is -0.420. The number of halogens is 2. The highest BCUT2D eigenvalue weighted by atomic mass is 19.1. The van der Waals surface area contributed by atoms with Crippen LogP contribution in [0.1, 0.15) is 38.5 Å². The average molecular weight is 364 g/mol. The van der Waals surface area contributed by atoms with Crippen molar-refractivity contribution in [3.63, 3.8) is 0 Å². The quantitative estimate of drug-likeness (QED) is 0.388.